The minimum Gasteiger partial charge on any atom is -0.385 e. The zero-order chi connectivity index (χ0) is 20.4. The molecule has 0 spiro atoms. The van der Waals surface area contributed by atoms with E-state index >= 15 is 0 Å². The quantitative estimate of drug-likeness (QED) is 0.694. The van der Waals surface area contributed by atoms with Crippen molar-refractivity contribution >= 4 is 31.4 Å². The van der Waals surface area contributed by atoms with Gasteiger partial charge in [0.05, 0.1) is 16.7 Å². The molecule has 2 fully saturated rings. The minimum absolute atomic E-state index is 0.0466. The molecular formula is C19H31N3O4S2. The van der Waals surface area contributed by atoms with Crippen LogP contribution in [0.25, 0.3) is 0 Å². The number of hydrogen-bond donors (Lipinski definition) is 2. The van der Waals surface area contributed by atoms with Gasteiger partial charge in [-0.15, -0.1) is 0 Å². The van der Waals surface area contributed by atoms with Crippen molar-refractivity contribution in [2.24, 2.45) is 5.92 Å². The van der Waals surface area contributed by atoms with Crippen LogP contribution in [0.5, 0.6) is 0 Å². The molecule has 158 valence electrons. The molecule has 1 saturated heterocycles. The van der Waals surface area contributed by atoms with Crippen LogP contribution in [0.15, 0.2) is 24.3 Å². The molecule has 3 rings (SSSR count). The molecule has 2 N–H and O–H groups in total. The summed E-state index contributed by atoms with van der Waals surface area (Å²) in [7, 11) is -6.34. The second kappa shape index (κ2) is 8.59. The number of anilines is 2. The van der Waals surface area contributed by atoms with Gasteiger partial charge in [0.25, 0.3) is 0 Å². The maximum absolute atomic E-state index is 12.0. The summed E-state index contributed by atoms with van der Waals surface area (Å²) in [5.74, 6) is 0.738. The number of nitrogens with one attached hydrogen (secondary N) is 2. The molecule has 1 aliphatic heterocycles. The van der Waals surface area contributed by atoms with E-state index in [4.69, 9.17) is 0 Å². The van der Waals surface area contributed by atoms with Crippen LogP contribution < -0.4 is 14.3 Å². The normalized spacial score (nSPS) is 25.2. The highest BCUT2D eigenvalue weighted by molar-refractivity contribution is 7.93. The summed E-state index contributed by atoms with van der Waals surface area (Å²) in [5.41, 5.74) is 1.70. The molecule has 0 unspecified atom stereocenters. The third kappa shape index (κ3) is 5.18. The summed E-state index contributed by atoms with van der Waals surface area (Å²) in [6.07, 6.45) is 4.39. The molecule has 1 saturated carbocycles. The van der Waals surface area contributed by atoms with Crippen molar-refractivity contribution in [1.82, 2.24) is 4.72 Å². The Kier molecular flexibility index (Phi) is 6.56. The molecule has 1 aliphatic carbocycles. The van der Waals surface area contributed by atoms with Crippen molar-refractivity contribution in [1.29, 1.82) is 0 Å². The molecule has 9 heteroatoms. The molecule has 0 atom stereocenters. The van der Waals surface area contributed by atoms with Crippen LogP contribution >= 0.6 is 0 Å². The molecule has 7 nitrogen and oxygen atoms in total. The Hall–Kier alpha value is -1.32. The number of hydrogen-bond acceptors (Lipinski definition) is 5. The summed E-state index contributed by atoms with van der Waals surface area (Å²) in [6, 6.07) is 7.59. The van der Waals surface area contributed by atoms with Crippen molar-refractivity contribution in [3.05, 3.63) is 24.3 Å². The van der Waals surface area contributed by atoms with Gasteiger partial charge in [0.2, 0.25) is 20.0 Å². The van der Waals surface area contributed by atoms with Gasteiger partial charge in [-0.1, -0.05) is 0 Å². The second-order valence-electron chi connectivity index (χ2n) is 8.10. The highest BCUT2D eigenvalue weighted by Gasteiger charge is 2.28. The van der Waals surface area contributed by atoms with E-state index in [1.54, 1.807) is 13.8 Å². The van der Waals surface area contributed by atoms with Crippen LogP contribution in [0.3, 0.4) is 0 Å². The number of sulfonamides is 2. The first-order valence-electron chi connectivity index (χ1n) is 10.0. The predicted molar refractivity (Wildman–Crippen MR) is 114 cm³/mol. The first kappa shape index (κ1) is 21.4. The molecule has 0 radical (unpaired) electrons. The summed E-state index contributed by atoms with van der Waals surface area (Å²) in [4.78, 5) is 0. The van der Waals surface area contributed by atoms with Gasteiger partial charge in [-0.3, -0.25) is 4.31 Å². The van der Waals surface area contributed by atoms with E-state index in [1.807, 2.05) is 24.3 Å². The molecule has 0 amide bonds. The fourth-order valence-corrected chi connectivity index (χ4v) is 6.33. The smallest absolute Gasteiger partial charge is 0.235 e. The highest BCUT2D eigenvalue weighted by Crippen LogP contribution is 2.27. The Labute approximate surface area is 169 Å². The molecular weight excluding hydrogens is 398 g/mol. The van der Waals surface area contributed by atoms with E-state index in [1.165, 1.54) is 4.31 Å². The third-order valence-corrected chi connectivity index (χ3v) is 9.42. The zero-order valence-electron chi connectivity index (χ0n) is 16.6. The molecule has 0 bridgehead atoms. The fourth-order valence-electron chi connectivity index (χ4n) is 3.79. The standard InChI is InChI=1S/C19H31N3O4S2/c1-15(2)28(25,26)21-18-6-4-16(5-7-18)14-20-17-8-10-19(11-9-17)22-12-3-13-27(22,23)24/h8-11,15-16,18,20-21H,3-7,12-14H2,1-2H3. The van der Waals surface area contributed by atoms with Gasteiger partial charge in [-0.2, -0.15) is 0 Å². The lowest BCUT2D eigenvalue weighted by Gasteiger charge is -2.29. The summed E-state index contributed by atoms with van der Waals surface area (Å²) >= 11 is 0. The molecule has 0 aromatic heterocycles. The molecule has 1 heterocycles. The largest absolute Gasteiger partial charge is 0.385 e. The van der Waals surface area contributed by atoms with Crippen LogP contribution in [0.4, 0.5) is 11.4 Å². The topological polar surface area (TPSA) is 95.6 Å². The second-order valence-corrected chi connectivity index (χ2v) is 12.4. The van der Waals surface area contributed by atoms with Crippen molar-refractivity contribution in [3.63, 3.8) is 0 Å². The van der Waals surface area contributed by atoms with Crippen molar-refractivity contribution in [2.75, 3.05) is 28.5 Å². The Morgan fingerprint density at radius 2 is 1.75 bits per heavy atom. The Morgan fingerprint density at radius 3 is 2.29 bits per heavy atom. The zero-order valence-corrected chi connectivity index (χ0v) is 18.2. The Morgan fingerprint density at radius 1 is 1.11 bits per heavy atom. The lowest BCUT2D eigenvalue weighted by Crippen LogP contribution is -2.41. The van der Waals surface area contributed by atoms with Crippen molar-refractivity contribution < 1.29 is 16.8 Å². The van der Waals surface area contributed by atoms with Crippen LogP contribution in [0, 0.1) is 5.92 Å². The van der Waals surface area contributed by atoms with Gasteiger partial charge in [0, 0.05) is 24.8 Å². The average Bonchev–Trinajstić information content (AvgIpc) is 3.00. The summed E-state index contributed by atoms with van der Waals surface area (Å²) in [6.45, 7) is 4.79. The lowest BCUT2D eigenvalue weighted by molar-refractivity contribution is 0.323. The Balaban J connectivity index is 1.46. The van der Waals surface area contributed by atoms with Gasteiger partial charge in [0.1, 0.15) is 0 Å². The van der Waals surface area contributed by atoms with Gasteiger partial charge in [-0.25, -0.2) is 21.6 Å². The number of nitrogens with zero attached hydrogens (tertiary/aromatic N) is 1. The summed E-state index contributed by atoms with van der Waals surface area (Å²) < 4.78 is 52.3. The number of benzene rings is 1. The van der Waals surface area contributed by atoms with Gasteiger partial charge >= 0.3 is 0 Å². The van der Waals surface area contributed by atoms with Crippen LogP contribution in [0.1, 0.15) is 46.0 Å². The Bertz CT molecular complexity index is 859. The van der Waals surface area contributed by atoms with Crippen LogP contribution in [0.2, 0.25) is 0 Å². The van der Waals surface area contributed by atoms with Gasteiger partial charge in [0.15, 0.2) is 0 Å². The van der Waals surface area contributed by atoms with E-state index in [-0.39, 0.29) is 11.8 Å². The van der Waals surface area contributed by atoms with E-state index in [2.05, 4.69) is 10.0 Å². The first-order valence-corrected chi connectivity index (χ1v) is 13.2. The summed E-state index contributed by atoms with van der Waals surface area (Å²) in [5, 5.41) is 3.03. The minimum atomic E-state index is -3.20. The van der Waals surface area contributed by atoms with E-state index in [9.17, 15) is 16.8 Å². The van der Waals surface area contributed by atoms with Gasteiger partial charge in [-0.05, 0) is 76.1 Å². The molecule has 2 aliphatic rings. The number of rotatable bonds is 7. The maximum Gasteiger partial charge on any atom is 0.235 e. The fraction of sp³-hybridized carbons (Fsp3) is 0.684. The molecule has 1 aromatic carbocycles. The molecule has 28 heavy (non-hydrogen) atoms. The van der Waals surface area contributed by atoms with Crippen LogP contribution in [-0.4, -0.2) is 47.0 Å². The van der Waals surface area contributed by atoms with Gasteiger partial charge < -0.3 is 5.32 Å². The van der Waals surface area contributed by atoms with E-state index in [0.717, 1.165) is 43.6 Å². The third-order valence-electron chi connectivity index (χ3n) is 5.65. The van der Waals surface area contributed by atoms with Crippen molar-refractivity contribution in [2.45, 2.75) is 57.2 Å². The monoisotopic (exact) mass is 429 g/mol. The molecule has 1 aromatic rings. The predicted octanol–water partition coefficient (Wildman–Crippen LogP) is 2.53. The lowest BCUT2D eigenvalue weighted by atomic mass is 9.86. The maximum atomic E-state index is 12.0. The first-order chi connectivity index (χ1) is 13.2. The van der Waals surface area contributed by atoms with E-state index in [0.29, 0.717) is 18.9 Å². The average molecular weight is 430 g/mol. The van der Waals surface area contributed by atoms with Crippen LogP contribution in [-0.2, 0) is 20.0 Å². The SMILES string of the molecule is CC(C)S(=O)(=O)NC1CCC(CNc2ccc(N3CCCS3(=O)=O)cc2)CC1. The highest BCUT2D eigenvalue weighted by atomic mass is 32.2. The van der Waals surface area contributed by atoms with Crippen molar-refractivity contribution in [3.8, 4) is 0 Å². The van der Waals surface area contributed by atoms with E-state index < -0.39 is 25.3 Å².